The van der Waals surface area contributed by atoms with E-state index in [4.69, 9.17) is 9.72 Å². The molecule has 3 aromatic rings. The molecule has 1 saturated carbocycles. The molecule has 0 radical (unpaired) electrons. The van der Waals surface area contributed by atoms with Gasteiger partial charge in [0.15, 0.2) is 0 Å². The Hall–Kier alpha value is -2.93. The van der Waals surface area contributed by atoms with Gasteiger partial charge in [-0.3, -0.25) is 4.79 Å². The number of hydrogen-bond donors (Lipinski definition) is 1. The van der Waals surface area contributed by atoms with Crippen LogP contribution >= 0.6 is 0 Å². The van der Waals surface area contributed by atoms with Gasteiger partial charge in [0.2, 0.25) is 0 Å². The van der Waals surface area contributed by atoms with E-state index in [1.807, 2.05) is 6.07 Å². The van der Waals surface area contributed by atoms with Crippen molar-refractivity contribution in [3.8, 4) is 11.3 Å². The molecule has 1 aromatic carbocycles. The Balaban J connectivity index is 1.55. The Morgan fingerprint density at radius 1 is 1.14 bits per heavy atom. The van der Waals surface area contributed by atoms with Crippen LogP contribution in [0.3, 0.4) is 0 Å². The van der Waals surface area contributed by atoms with Crippen LogP contribution in [0.25, 0.3) is 22.2 Å². The number of anilines is 2. The highest BCUT2D eigenvalue weighted by Gasteiger charge is 2.24. The average Bonchev–Trinajstić information content (AvgIpc) is 3.55. The number of hydrogen-bond acceptors (Lipinski definition) is 6. The van der Waals surface area contributed by atoms with E-state index < -0.39 is 0 Å². The summed E-state index contributed by atoms with van der Waals surface area (Å²) in [6.07, 6.45) is 3.79. The first kappa shape index (κ1) is 17.2. The number of nitrogens with one attached hydrogen (secondary N) is 1. The number of benzene rings is 1. The van der Waals surface area contributed by atoms with Gasteiger partial charge in [0.05, 0.1) is 30.8 Å². The zero-order valence-corrected chi connectivity index (χ0v) is 15.9. The van der Waals surface area contributed by atoms with Gasteiger partial charge in [0, 0.05) is 37.4 Å². The van der Waals surface area contributed by atoms with Gasteiger partial charge in [-0.1, -0.05) is 12.1 Å². The third-order valence-electron chi connectivity index (χ3n) is 5.36. The summed E-state index contributed by atoms with van der Waals surface area (Å²) in [5, 5.41) is 3.97. The van der Waals surface area contributed by atoms with Crippen LogP contribution in [-0.2, 0) is 11.8 Å². The predicted molar refractivity (Wildman–Crippen MR) is 110 cm³/mol. The van der Waals surface area contributed by atoms with Crippen molar-refractivity contribution in [3.05, 3.63) is 47.0 Å². The molecule has 0 spiro atoms. The fourth-order valence-electron chi connectivity index (χ4n) is 3.56. The van der Waals surface area contributed by atoms with Crippen LogP contribution in [0.2, 0.25) is 0 Å². The van der Waals surface area contributed by atoms with E-state index in [0.717, 1.165) is 50.4 Å². The molecule has 144 valence electrons. The lowest BCUT2D eigenvalue weighted by Crippen LogP contribution is -2.36. The molecule has 28 heavy (non-hydrogen) atoms. The van der Waals surface area contributed by atoms with E-state index in [-0.39, 0.29) is 5.56 Å². The van der Waals surface area contributed by atoms with Crippen molar-refractivity contribution in [1.82, 2.24) is 14.5 Å². The quantitative estimate of drug-likeness (QED) is 0.753. The number of aromatic nitrogens is 3. The lowest BCUT2D eigenvalue weighted by Gasteiger charge is -2.28. The summed E-state index contributed by atoms with van der Waals surface area (Å²) in [4.78, 5) is 24.2. The second-order valence-electron chi connectivity index (χ2n) is 7.48. The molecule has 1 N–H and O–H groups in total. The highest BCUT2D eigenvalue weighted by molar-refractivity contribution is 5.91. The molecule has 0 amide bonds. The Kier molecular flexibility index (Phi) is 4.24. The number of ether oxygens (including phenoxy) is 1. The van der Waals surface area contributed by atoms with Crippen LogP contribution in [0.4, 0.5) is 11.5 Å². The van der Waals surface area contributed by atoms with Crippen molar-refractivity contribution in [3.63, 3.8) is 0 Å². The molecule has 1 saturated heterocycles. The van der Waals surface area contributed by atoms with E-state index >= 15 is 0 Å². The molecule has 3 heterocycles. The Bertz CT molecular complexity index is 1070. The van der Waals surface area contributed by atoms with Crippen LogP contribution in [0.15, 0.2) is 41.5 Å². The zero-order chi connectivity index (χ0) is 19.1. The lowest BCUT2D eigenvalue weighted by atomic mass is 10.1. The smallest absolute Gasteiger partial charge is 0.264 e. The van der Waals surface area contributed by atoms with Gasteiger partial charge in [-0.15, -0.1) is 0 Å². The number of pyridine rings is 1. The van der Waals surface area contributed by atoms with E-state index in [9.17, 15) is 4.79 Å². The van der Waals surface area contributed by atoms with Crippen LogP contribution in [0.5, 0.6) is 0 Å². The molecule has 2 aromatic heterocycles. The number of fused-ring (bicyclic) bond motifs is 1. The molecular weight excluding hydrogens is 354 g/mol. The number of aryl methyl sites for hydroxylation is 1. The maximum absolute atomic E-state index is 12.6. The van der Waals surface area contributed by atoms with Gasteiger partial charge in [-0.05, 0) is 31.0 Å². The van der Waals surface area contributed by atoms with Gasteiger partial charge in [-0.2, -0.15) is 0 Å². The van der Waals surface area contributed by atoms with Crippen molar-refractivity contribution >= 4 is 22.4 Å². The molecule has 7 heteroatoms. The minimum absolute atomic E-state index is 0.0742. The summed E-state index contributed by atoms with van der Waals surface area (Å²) in [6, 6.07) is 10.7. The maximum atomic E-state index is 12.6. The molecule has 0 bridgehead atoms. The lowest BCUT2D eigenvalue weighted by molar-refractivity contribution is 0.122. The minimum Gasteiger partial charge on any atom is -0.378 e. The number of rotatable bonds is 4. The monoisotopic (exact) mass is 377 g/mol. The molecule has 0 atom stereocenters. The SMILES string of the molecule is Cn1cnc2cc(-c3ccc(N4CCOCC4)cc3)nc(NC3CC3)c2c1=O. The third-order valence-corrected chi connectivity index (χ3v) is 5.36. The molecule has 7 nitrogen and oxygen atoms in total. The molecule has 5 rings (SSSR count). The second kappa shape index (κ2) is 6.91. The van der Waals surface area contributed by atoms with Crippen LogP contribution < -0.4 is 15.8 Å². The normalized spacial score (nSPS) is 17.1. The van der Waals surface area contributed by atoms with Crippen molar-refractivity contribution in [1.29, 1.82) is 0 Å². The largest absolute Gasteiger partial charge is 0.378 e. The number of nitrogens with zero attached hydrogens (tertiary/aromatic N) is 4. The fourth-order valence-corrected chi connectivity index (χ4v) is 3.56. The summed E-state index contributed by atoms with van der Waals surface area (Å²) in [5.74, 6) is 0.640. The third kappa shape index (κ3) is 3.22. The fraction of sp³-hybridized carbons (Fsp3) is 0.381. The van der Waals surface area contributed by atoms with Crippen molar-refractivity contribution in [2.75, 3.05) is 36.5 Å². The first-order valence-corrected chi connectivity index (χ1v) is 9.75. The van der Waals surface area contributed by atoms with Crippen LogP contribution in [0, 0.1) is 0 Å². The zero-order valence-electron chi connectivity index (χ0n) is 15.9. The van der Waals surface area contributed by atoms with E-state index in [1.54, 1.807) is 13.4 Å². The van der Waals surface area contributed by atoms with Crippen molar-refractivity contribution < 1.29 is 4.74 Å². The van der Waals surface area contributed by atoms with Gasteiger partial charge in [-0.25, -0.2) is 9.97 Å². The molecular formula is C21H23N5O2. The first-order valence-electron chi connectivity index (χ1n) is 9.75. The van der Waals surface area contributed by atoms with E-state index in [1.165, 1.54) is 10.3 Å². The Morgan fingerprint density at radius 2 is 1.89 bits per heavy atom. The summed E-state index contributed by atoms with van der Waals surface area (Å²) >= 11 is 0. The van der Waals surface area contributed by atoms with Gasteiger partial charge < -0.3 is 19.5 Å². The van der Waals surface area contributed by atoms with Crippen LogP contribution in [-0.4, -0.2) is 46.9 Å². The Labute approximate surface area is 163 Å². The number of morpholine rings is 1. The minimum atomic E-state index is -0.0742. The van der Waals surface area contributed by atoms with Gasteiger partial charge >= 0.3 is 0 Å². The Morgan fingerprint density at radius 3 is 2.61 bits per heavy atom. The summed E-state index contributed by atoms with van der Waals surface area (Å²) < 4.78 is 6.93. The highest BCUT2D eigenvalue weighted by atomic mass is 16.5. The molecule has 1 aliphatic carbocycles. The maximum Gasteiger partial charge on any atom is 0.264 e. The summed E-state index contributed by atoms with van der Waals surface area (Å²) in [5.41, 5.74) is 3.63. The van der Waals surface area contributed by atoms with Gasteiger partial charge in [0.25, 0.3) is 5.56 Å². The van der Waals surface area contributed by atoms with Crippen molar-refractivity contribution in [2.24, 2.45) is 7.05 Å². The van der Waals surface area contributed by atoms with Gasteiger partial charge in [0.1, 0.15) is 11.2 Å². The average molecular weight is 377 g/mol. The molecule has 2 fully saturated rings. The van der Waals surface area contributed by atoms with Crippen molar-refractivity contribution in [2.45, 2.75) is 18.9 Å². The molecule has 2 aliphatic rings. The summed E-state index contributed by atoms with van der Waals surface area (Å²) in [7, 11) is 1.72. The molecule has 1 aliphatic heterocycles. The first-order chi connectivity index (χ1) is 13.7. The predicted octanol–water partition coefficient (Wildman–Crippen LogP) is 2.41. The second-order valence-corrected chi connectivity index (χ2v) is 7.48. The standard InChI is InChI=1S/C21H23N5O2/c1-25-13-22-18-12-17(24-20(19(18)21(25)27)23-15-4-5-15)14-2-6-16(7-3-14)26-8-10-28-11-9-26/h2-3,6-7,12-13,15H,4-5,8-11H2,1H3,(H,23,24). The van der Waals surface area contributed by atoms with E-state index in [0.29, 0.717) is 22.8 Å². The van der Waals surface area contributed by atoms with E-state index in [2.05, 4.69) is 39.5 Å². The van der Waals surface area contributed by atoms with Crippen LogP contribution in [0.1, 0.15) is 12.8 Å². The summed E-state index contributed by atoms with van der Waals surface area (Å²) in [6.45, 7) is 3.36. The highest BCUT2D eigenvalue weighted by Crippen LogP contribution is 2.30. The topological polar surface area (TPSA) is 72.3 Å². The molecule has 0 unspecified atom stereocenters.